The highest BCUT2D eigenvalue weighted by Gasteiger charge is 2.38. The zero-order chi connectivity index (χ0) is 19.9. The Morgan fingerprint density at radius 2 is 1.81 bits per heavy atom. The summed E-state index contributed by atoms with van der Waals surface area (Å²) in [6.45, 7) is 5.00. The number of rotatable bonds is 3. The topological polar surface area (TPSA) is 64.0 Å². The molecule has 5 nitrogen and oxygen atoms in total. The summed E-state index contributed by atoms with van der Waals surface area (Å²) in [5.41, 5.74) is -0.959. The summed E-state index contributed by atoms with van der Waals surface area (Å²) in [6.07, 6.45) is -1.19. The number of carbonyl (C=O) groups excluding carboxylic acids is 1. The van der Waals surface area contributed by atoms with Crippen LogP contribution in [0.25, 0.3) is 11.0 Å². The molecule has 1 N–H and O–H groups in total. The van der Waals surface area contributed by atoms with Crippen molar-refractivity contribution in [2.45, 2.75) is 64.7 Å². The van der Waals surface area contributed by atoms with Gasteiger partial charge in [0, 0.05) is 6.04 Å². The van der Waals surface area contributed by atoms with Crippen molar-refractivity contribution < 1.29 is 18.0 Å². The molecule has 2 aromatic rings. The molecule has 1 aliphatic carbocycles. The van der Waals surface area contributed by atoms with E-state index in [0.29, 0.717) is 0 Å². The zero-order valence-electron chi connectivity index (χ0n) is 15.5. The molecule has 1 aromatic carbocycles. The van der Waals surface area contributed by atoms with Crippen molar-refractivity contribution in [3.63, 3.8) is 0 Å². The Balaban J connectivity index is 2.16. The molecule has 1 heterocycles. The molecule has 146 valence electrons. The molecule has 1 saturated carbocycles. The molecule has 27 heavy (non-hydrogen) atoms. The van der Waals surface area contributed by atoms with E-state index >= 15 is 0 Å². The van der Waals surface area contributed by atoms with E-state index in [9.17, 15) is 22.8 Å². The molecule has 3 rings (SSSR count). The maximum Gasteiger partial charge on any atom is 0.438 e. The van der Waals surface area contributed by atoms with Gasteiger partial charge >= 0.3 is 6.18 Å². The summed E-state index contributed by atoms with van der Waals surface area (Å²) >= 11 is 0. The summed E-state index contributed by atoms with van der Waals surface area (Å²) in [6, 6.07) is 2.05. The molecule has 1 aliphatic rings. The first-order valence-corrected chi connectivity index (χ1v) is 9.00. The van der Waals surface area contributed by atoms with Crippen molar-refractivity contribution in [2.75, 3.05) is 0 Å². The van der Waals surface area contributed by atoms with E-state index in [0.717, 1.165) is 41.4 Å². The Bertz CT molecular complexity index is 944. The van der Waals surface area contributed by atoms with E-state index in [1.807, 2.05) is 0 Å². The monoisotopic (exact) mass is 381 g/mol. The Morgan fingerprint density at radius 1 is 1.22 bits per heavy atom. The number of amides is 1. The second-order valence-electron chi connectivity index (χ2n) is 7.22. The van der Waals surface area contributed by atoms with Crippen molar-refractivity contribution in [2.24, 2.45) is 0 Å². The Labute approximate surface area is 154 Å². The Morgan fingerprint density at radius 3 is 2.41 bits per heavy atom. The van der Waals surface area contributed by atoms with E-state index in [-0.39, 0.29) is 17.1 Å². The van der Waals surface area contributed by atoms with Crippen molar-refractivity contribution in [1.29, 1.82) is 0 Å². The number of carbonyl (C=O) groups is 1. The average molecular weight is 381 g/mol. The van der Waals surface area contributed by atoms with Gasteiger partial charge in [-0.3, -0.25) is 14.2 Å². The van der Waals surface area contributed by atoms with Gasteiger partial charge < -0.3 is 5.32 Å². The van der Waals surface area contributed by atoms with E-state index in [4.69, 9.17) is 0 Å². The molecule has 0 aliphatic heterocycles. The van der Waals surface area contributed by atoms with Crippen LogP contribution in [0.1, 0.15) is 55.5 Å². The van der Waals surface area contributed by atoms with Crippen LogP contribution >= 0.6 is 0 Å². The lowest BCUT2D eigenvalue weighted by molar-refractivity contribution is -0.142. The number of nitrogens with zero attached hydrogens (tertiary/aromatic N) is 2. The second-order valence-corrected chi connectivity index (χ2v) is 7.22. The van der Waals surface area contributed by atoms with Gasteiger partial charge in [0.1, 0.15) is 6.04 Å². The van der Waals surface area contributed by atoms with Gasteiger partial charge in [-0.2, -0.15) is 13.2 Å². The molecule has 0 bridgehead atoms. The highest BCUT2D eigenvalue weighted by molar-refractivity contribution is 5.84. The maximum atomic E-state index is 13.4. The molecule has 0 spiro atoms. The quantitative estimate of drug-likeness (QED) is 0.883. The van der Waals surface area contributed by atoms with Crippen LogP contribution in [0.4, 0.5) is 13.2 Å². The first kappa shape index (κ1) is 19.4. The number of hydrogen-bond acceptors (Lipinski definition) is 3. The van der Waals surface area contributed by atoms with Gasteiger partial charge in [-0.15, -0.1) is 0 Å². The van der Waals surface area contributed by atoms with Crippen molar-refractivity contribution >= 4 is 16.9 Å². The average Bonchev–Trinajstić information content (AvgIpc) is 3.07. The lowest BCUT2D eigenvalue weighted by atomic mass is 10.1. The van der Waals surface area contributed by atoms with E-state index in [1.165, 1.54) is 13.0 Å². The largest absolute Gasteiger partial charge is 0.438 e. The molecule has 0 saturated heterocycles. The number of aromatic nitrogens is 2. The fourth-order valence-corrected chi connectivity index (χ4v) is 3.54. The van der Waals surface area contributed by atoms with Crippen LogP contribution in [0.15, 0.2) is 16.9 Å². The summed E-state index contributed by atoms with van der Waals surface area (Å²) in [5, 5.41) is 2.85. The van der Waals surface area contributed by atoms with Crippen molar-refractivity contribution in [3.8, 4) is 0 Å². The van der Waals surface area contributed by atoms with Gasteiger partial charge in [0.25, 0.3) is 5.56 Å². The highest BCUT2D eigenvalue weighted by Crippen LogP contribution is 2.28. The summed E-state index contributed by atoms with van der Waals surface area (Å²) in [7, 11) is 0. The lowest BCUT2D eigenvalue weighted by Gasteiger charge is -2.22. The smallest absolute Gasteiger partial charge is 0.352 e. The van der Waals surface area contributed by atoms with Gasteiger partial charge in [-0.25, -0.2) is 4.98 Å². The third kappa shape index (κ3) is 3.70. The molecular weight excluding hydrogens is 359 g/mol. The number of alkyl halides is 3. The minimum atomic E-state index is -4.90. The predicted octanol–water partition coefficient (Wildman–Crippen LogP) is 3.65. The van der Waals surface area contributed by atoms with Crippen LogP contribution in [0.5, 0.6) is 0 Å². The molecule has 1 aromatic heterocycles. The van der Waals surface area contributed by atoms with Gasteiger partial charge in [-0.1, -0.05) is 12.8 Å². The van der Waals surface area contributed by atoms with Gasteiger partial charge in [0.15, 0.2) is 0 Å². The van der Waals surface area contributed by atoms with Crippen molar-refractivity contribution in [3.05, 3.63) is 39.3 Å². The van der Waals surface area contributed by atoms with Crippen LogP contribution < -0.4 is 10.9 Å². The first-order chi connectivity index (χ1) is 12.6. The van der Waals surface area contributed by atoms with Gasteiger partial charge in [0.05, 0.1) is 11.0 Å². The van der Waals surface area contributed by atoms with Crippen LogP contribution in [-0.2, 0) is 11.0 Å². The number of fused-ring (bicyclic) bond motifs is 1. The molecule has 1 amide bonds. The number of halogens is 3. The molecule has 8 heteroatoms. The molecule has 1 fully saturated rings. The Hall–Kier alpha value is -2.38. The predicted molar refractivity (Wildman–Crippen MR) is 95.6 cm³/mol. The fourth-order valence-electron chi connectivity index (χ4n) is 3.54. The standard InChI is InChI=1S/C19H22F3N3O2/c1-10-8-14-15(9-11(10)2)25(18(27)16(24-14)19(20,21)22)12(3)17(26)23-13-6-4-5-7-13/h8-9,12-13H,4-7H2,1-3H3,(H,23,26)/t12-/m0/s1. The molecule has 0 radical (unpaired) electrons. The number of hydrogen-bond donors (Lipinski definition) is 1. The van der Waals surface area contributed by atoms with Gasteiger partial charge in [-0.05, 0) is 56.9 Å². The zero-order valence-corrected chi connectivity index (χ0v) is 15.5. The van der Waals surface area contributed by atoms with Crippen LogP contribution in [0.2, 0.25) is 0 Å². The van der Waals surface area contributed by atoms with Crippen LogP contribution in [0, 0.1) is 13.8 Å². The number of nitrogens with one attached hydrogen (secondary N) is 1. The molecule has 1 atom stereocenters. The minimum absolute atomic E-state index is 0.00909. The lowest BCUT2D eigenvalue weighted by Crippen LogP contribution is -2.42. The SMILES string of the molecule is Cc1cc2nc(C(F)(F)F)c(=O)n([C@@H](C)C(=O)NC3CCCC3)c2cc1C. The normalized spacial score (nSPS) is 16.7. The maximum absolute atomic E-state index is 13.4. The summed E-state index contributed by atoms with van der Waals surface area (Å²) in [5.74, 6) is -0.456. The van der Waals surface area contributed by atoms with Crippen molar-refractivity contribution in [1.82, 2.24) is 14.9 Å². The third-order valence-electron chi connectivity index (χ3n) is 5.24. The van der Waals surface area contributed by atoms with E-state index < -0.39 is 29.4 Å². The summed E-state index contributed by atoms with van der Waals surface area (Å²) < 4.78 is 41.0. The number of benzene rings is 1. The molecular formula is C19H22F3N3O2. The second kappa shape index (κ2) is 6.98. The van der Waals surface area contributed by atoms with Gasteiger partial charge in [0.2, 0.25) is 11.6 Å². The number of aryl methyl sites for hydroxylation is 2. The first-order valence-electron chi connectivity index (χ1n) is 9.00. The van der Waals surface area contributed by atoms with E-state index in [2.05, 4.69) is 10.3 Å². The van der Waals surface area contributed by atoms with E-state index in [1.54, 1.807) is 19.9 Å². The van der Waals surface area contributed by atoms with Crippen LogP contribution in [0.3, 0.4) is 0 Å². The minimum Gasteiger partial charge on any atom is -0.352 e. The Kier molecular flexibility index (Phi) is 5.01. The van der Waals surface area contributed by atoms with Crippen LogP contribution in [-0.4, -0.2) is 21.5 Å². The summed E-state index contributed by atoms with van der Waals surface area (Å²) in [4.78, 5) is 28.8. The molecule has 0 unspecified atom stereocenters. The third-order valence-corrected chi connectivity index (χ3v) is 5.24. The highest BCUT2D eigenvalue weighted by atomic mass is 19.4. The fraction of sp³-hybridized carbons (Fsp3) is 0.526.